The first-order valence-corrected chi connectivity index (χ1v) is 7.59. The molecule has 8 heteroatoms. The van der Waals surface area contributed by atoms with Crippen LogP contribution in [0.1, 0.15) is 12.5 Å². The van der Waals surface area contributed by atoms with Gasteiger partial charge in [0.15, 0.2) is 0 Å². The Kier molecular flexibility index (Phi) is 5.46. The molecule has 0 aromatic heterocycles. The molecule has 0 unspecified atom stereocenters. The van der Waals surface area contributed by atoms with Crippen molar-refractivity contribution in [2.45, 2.75) is 13.5 Å². The van der Waals surface area contributed by atoms with E-state index in [1.165, 1.54) is 24.0 Å². The number of nitro groups is 1. The predicted molar refractivity (Wildman–Crippen MR) is 91.4 cm³/mol. The summed E-state index contributed by atoms with van der Waals surface area (Å²) in [6.07, 6.45) is 0. The van der Waals surface area contributed by atoms with Gasteiger partial charge >= 0.3 is 0 Å². The highest BCUT2D eigenvalue weighted by atomic mass is 35.5. The van der Waals surface area contributed by atoms with Gasteiger partial charge in [0, 0.05) is 13.0 Å². The van der Waals surface area contributed by atoms with Gasteiger partial charge in [-0.25, -0.2) is 0 Å². The van der Waals surface area contributed by atoms with Crippen LogP contribution in [0.2, 0.25) is 15.1 Å². The number of benzene rings is 2. The summed E-state index contributed by atoms with van der Waals surface area (Å²) in [5.41, 5.74) is 0.858. The number of amides is 1. The molecule has 2 rings (SSSR count). The Balaban J connectivity index is 2.39. The maximum Gasteiger partial charge on any atom is 0.289 e. The van der Waals surface area contributed by atoms with Crippen LogP contribution in [-0.2, 0) is 11.3 Å². The number of nitrogens with zero attached hydrogens (tertiary/aromatic N) is 2. The van der Waals surface area contributed by atoms with E-state index in [0.29, 0.717) is 15.7 Å². The summed E-state index contributed by atoms with van der Waals surface area (Å²) in [7, 11) is 0. The summed E-state index contributed by atoms with van der Waals surface area (Å²) < 4.78 is 0. The molecule has 0 saturated heterocycles. The van der Waals surface area contributed by atoms with Gasteiger partial charge in [0.05, 0.1) is 27.2 Å². The Hall–Kier alpha value is -1.82. The lowest BCUT2D eigenvalue weighted by atomic mass is 10.2. The number of hydrogen-bond donors (Lipinski definition) is 0. The lowest BCUT2D eigenvalue weighted by molar-refractivity contribution is -0.384. The molecule has 1 amide bonds. The molecule has 120 valence electrons. The number of hydrogen-bond acceptors (Lipinski definition) is 3. The van der Waals surface area contributed by atoms with Crippen molar-refractivity contribution in [3.8, 4) is 0 Å². The smallest absolute Gasteiger partial charge is 0.289 e. The van der Waals surface area contributed by atoms with Crippen molar-refractivity contribution in [1.29, 1.82) is 0 Å². The fraction of sp³-hybridized carbons (Fsp3) is 0.133. The van der Waals surface area contributed by atoms with Crippen LogP contribution in [0.5, 0.6) is 0 Å². The van der Waals surface area contributed by atoms with Crippen LogP contribution in [0.4, 0.5) is 11.4 Å². The van der Waals surface area contributed by atoms with Gasteiger partial charge in [-0.1, -0.05) is 40.9 Å². The minimum Gasteiger partial charge on any atom is -0.308 e. The molecule has 2 aromatic carbocycles. The van der Waals surface area contributed by atoms with Crippen LogP contribution in [-0.4, -0.2) is 10.8 Å². The third kappa shape index (κ3) is 4.13. The predicted octanol–water partition coefficient (Wildman–Crippen LogP) is 5.11. The number of carbonyl (C=O) groups excluding carboxylic acids is 1. The maximum absolute atomic E-state index is 11.9. The quantitative estimate of drug-likeness (QED) is 0.552. The molecule has 0 heterocycles. The van der Waals surface area contributed by atoms with Crippen LogP contribution in [0.15, 0.2) is 36.4 Å². The second kappa shape index (κ2) is 7.17. The molecule has 0 fully saturated rings. The van der Waals surface area contributed by atoms with E-state index in [1.807, 2.05) is 0 Å². The van der Waals surface area contributed by atoms with Crippen LogP contribution >= 0.6 is 34.8 Å². The van der Waals surface area contributed by atoms with E-state index < -0.39 is 4.92 Å². The topological polar surface area (TPSA) is 63.5 Å². The Labute approximate surface area is 147 Å². The van der Waals surface area contributed by atoms with E-state index in [2.05, 4.69) is 0 Å². The highest BCUT2D eigenvalue weighted by Crippen LogP contribution is 2.31. The van der Waals surface area contributed by atoms with E-state index in [9.17, 15) is 14.9 Å². The van der Waals surface area contributed by atoms with Crippen LogP contribution < -0.4 is 4.90 Å². The lowest BCUT2D eigenvalue weighted by Gasteiger charge is -2.21. The van der Waals surface area contributed by atoms with Gasteiger partial charge in [0.25, 0.3) is 5.69 Å². The third-order valence-electron chi connectivity index (χ3n) is 3.14. The molecule has 0 radical (unpaired) electrons. The molecule has 0 atom stereocenters. The van der Waals surface area contributed by atoms with E-state index in [-0.39, 0.29) is 23.2 Å². The first kappa shape index (κ1) is 17.5. The number of halogens is 3. The molecule has 0 aliphatic carbocycles. The largest absolute Gasteiger partial charge is 0.308 e. The molecule has 0 saturated carbocycles. The monoisotopic (exact) mass is 372 g/mol. The van der Waals surface area contributed by atoms with Crippen LogP contribution in [0.25, 0.3) is 0 Å². The second-order valence-electron chi connectivity index (χ2n) is 4.75. The molecule has 0 aliphatic heterocycles. The summed E-state index contributed by atoms with van der Waals surface area (Å²) in [4.78, 5) is 23.7. The molecule has 23 heavy (non-hydrogen) atoms. The summed E-state index contributed by atoms with van der Waals surface area (Å²) in [6, 6.07) is 9.20. The zero-order valence-electron chi connectivity index (χ0n) is 11.9. The molecule has 0 spiro atoms. The summed E-state index contributed by atoms with van der Waals surface area (Å²) >= 11 is 17.6. The number of nitro benzene ring substituents is 1. The lowest BCUT2D eigenvalue weighted by Crippen LogP contribution is -2.27. The van der Waals surface area contributed by atoms with Gasteiger partial charge in [-0.15, -0.1) is 0 Å². The molecular formula is C15H11Cl3N2O3. The molecule has 0 aliphatic rings. The average molecular weight is 374 g/mol. The zero-order chi connectivity index (χ0) is 17.1. The Morgan fingerprint density at radius 3 is 2.30 bits per heavy atom. The van der Waals surface area contributed by atoms with E-state index in [4.69, 9.17) is 34.8 Å². The SMILES string of the molecule is CC(=O)N(Cc1ccc(Cl)c(Cl)c1)c1ccc(Cl)c([N+](=O)[O-])c1. The minimum absolute atomic E-state index is 0.0109. The zero-order valence-corrected chi connectivity index (χ0v) is 14.2. The molecule has 5 nitrogen and oxygen atoms in total. The Bertz CT molecular complexity index is 781. The van der Waals surface area contributed by atoms with Gasteiger partial charge < -0.3 is 4.90 Å². The standard InChI is InChI=1S/C15H11Cl3N2O3/c1-9(21)19(8-10-2-4-12(16)14(18)6-10)11-3-5-13(17)15(7-11)20(22)23/h2-7H,8H2,1H3. The van der Waals surface area contributed by atoms with Crippen LogP contribution in [0.3, 0.4) is 0 Å². The number of rotatable bonds is 4. The van der Waals surface area contributed by atoms with E-state index >= 15 is 0 Å². The third-order valence-corrected chi connectivity index (χ3v) is 4.20. The Morgan fingerprint density at radius 2 is 1.74 bits per heavy atom. The van der Waals surface area contributed by atoms with Gasteiger partial charge in [-0.2, -0.15) is 0 Å². The summed E-state index contributed by atoms with van der Waals surface area (Å²) in [6.45, 7) is 1.57. The first-order valence-electron chi connectivity index (χ1n) is 6.45. The highest BCUT2D eigenvalue weighted by molar-refractivity contribution is 6.42. The molecular weight excluding hydrogens is 363 g/mol. The van der Waals surface area contributed by atoms with Gasteiger partial charge in [0.1, 0.15) is 5.02 Å². The van der Waals surface area contributed by atoms with E-state index in [1.54, 1.807) is 24.3 Å². The normalized spacial score (nSPS) is 10.4. The minimum atomic E-state index is -0.594. The van der Waals surface area contributed by atoms with Crippen molar-refractivity contribution in [1.82, 2.24) is 0 Å². The van der Waals surface area contributed by atoms with Crippen molar-refractivity contribution >= 4 is 52.1 Å². The first-order chi connectivity index (χ1) is 10.8. The van der Waals surface area contributed by atoms with Crippen molar-refractivity contribution < 1.29 is 9.72 Å². The maximum atomic E-state index is 11.9. The van der Waals surface area contributed by atoms with Crippen molar-refractivity contribution in [3.05, 3.63) is 67.1 Å². The van der Waals surface area contributed by atoms with E-state index in [0.717, 1.165) is 5.56 Å². The van der Waals surface area contributed by atoms with Crippen LogP contribution in [0, 0.1) is 10.1 Å². The summed E-state index contributed by atoms with van der Waals surface area (Å²) in [5, 5.41) is 11.8. The fourth-order valence-electron chi connectivity index (χ4n) is 2.01. The van der Waals surface area contributed by atoms with Crippen molar-refractivity contribution in [2.24, 2.45) is 0 Å². The molecule has 0 N–H and O–H groups in total. The van der Waals surface area contributed by atoms with Gasteiger partial charge in [-0.3, -0.25) is 14.9 Å². The molecule has 0 bridgehead atoms. The fourth-order valence-corrected chi connectivity index (χ4v) is 2.52. The Morgan fingerprint density at radius 1 is 1.09 bits per heavy atom. The van der Waals surface area contributed by atoms with Crippen molar-refractivity contribution in [3.63, 3.8) is 0 Å². The average Bonchev–Trinajstić information content (AvgIpc) is 2.48. The van der Waals surface area contributed by atoms with Gasteiger partial charge in [-0.05, 0) is 29.8 Å². The number of anilines is 1. The number of carbonyl (C=O) groups is 1. The molecule has 2 aromatic rings. The second-order valence-corrected chi connectivity index (χ2v) is 5.97. The van der Waals surface area contributed by atoms with Crippen molar-refractivity contribution in [2.75, 3.05) is 4.90 Å². The van der Waals surface area contributed by atoms with Gasteiger partial charge in [0.2, 0.25) is 5.91 Å². The summed E-state index contributed by atoms with van der Waals surface area (Å²) in [5.74, 6) is -0.271. The highest BCUT2D eigenvalue weighted by Gasteiger charge is 2.19.